The van der Waals surface area contributed by atoms with Gasteiger partial charge in [-0.1, -0.05) is 6.07 Å². The van der Waals surface area contributed by atoms with Crippen molar-refractivity contribution in [3.05, 3.63) is 58.1 Å². The molecular weight excluding hydrogens is 221 g/mol. The number of aliphatic hydroxyl groups is 1. The summed E-state index contributed by atoms with van der Waals surface area (Å²) < 4.78 is 14.1. The summed E-state index contributed by atoms with van der Waals surface area (Å²) >= 11 is 0. The predicted molar refractivity (Wildman–Crippen MR) is 63.1 cm³/mol. The van der Waals surface area contributed by atoms with Gasteiger partial charge in [0.15, 0.2) is 0 Å². The van der Waals surface area contributed by atoms with Crippen LogP contribution in [0.3, 0.4) is 0 Å². The summed E-state index contributed by atoms with van der Waals surface area (Å²) in [5.74, 6) is -0.333. The molecule has 17 heavy (non-hydrogen) atoms. The van der Waals surface area contributed by atoms with Crippen molar-refractivity contribution in [2.24, 2.45) is 0 Å². The Hall–Kier alpha value is -1.94. The lowest BCUT2D eigenvalue weighted by atomic mass is 10.1. The average molecular weight is 233 g/mol. The van der Waals surface area contributed by atoms with Gasteiger partial charge in [0.1, 0.15) is 12.5 Å². The second kappa shape index (κ2) is 4.51. The molecule has 0 aliphatic carbocycles. The lowest BCUT2D eigenvalue weighted by Crippen LogP contribution is -2.21. The third kappa shape index (κ3) is 2.12. The van der Waals surface area contributed by atoms with Gasteiger partial charge in [-0.25, -0.2) is 4.39 Å². The third-order valence-electron chi connectivity index (χ3n) is 2.64. The second-order valence-corrected chi connectivity index (χ2v) is 3.78. The molecule has 0 fully saturated rings. The van der Waals surface area contributed by atoms with E-state index in [0.29, 0.717) is 11.3 Å². The van der Waals surface area contributed by atoms with Crippen molar-refractivity contribution in [2.45, 2.75) is 13.7 Å². The van der Waals surface area contributed by atoms with Crippen LogP contribution in [-0.4, -0.2) is 9.67 Å². The van der Waals surface area contributed by atoms with Gasteiger partial charge < -0.3 is 5.11 Å². The monoisotopic (exact) mass is 233 g/mol. The van der Waals surface area contributed by atoms with Crippen LogP contribution < -0.4 is 5.56 Å². The topological polar surface area (TPSA) is 42.2 Å². The Bertz CT molecular complexity index is 587. The molecule has 1 N–H and O–H groups in total. The van der Waals surface area contributed by atoms with Crippen LogP contribution in [0.5, 0.6) is 0 Å². The normalized spacial score (nSPS) is 10.5. The summed E-state index contributed by atoms with van der Waals surface area (Å²) in [4.78, 5) is 11.6. The molecule has 0 bridgehead atoms. The minimum atomic E-state index is -0.396. The van der Waals surface area contributed by atoms with Crippen molar-refractivity contribution >= 4 is 0 Å². The van der Waals surface area contributed by atoms with E-state index in [1.54, 1.807) is 18.2 Å². The molecule has 0 aliphatic rings. The summed E-state index contributed by atoms with van der Waals surface area (Å²) in [6, 6.07) is 8.92. The van der Waals surface area contributed by atoms with E-state index in [1.165, 1.54) is 22.8 Å². The molecule has 0 amide bonds. The van der Waals surface area contributed by atoms with Crippen molar-refractivity contribution in [3.63, 3.8) is 0 Å². The number of aliphatic hydroxyl groups excluding tert-OH is 1. The summed E-state index contributed by atoms with van der Waals surface area (Å²) in [6.45, 7) is 1.44. The molecule has 0 spiro atoms. The maximum atomic E-state index is 12.8. The maximum Gasteiger partial charge on any atom is 0.252 e. The van der Waals surface area contributed by atoms with Gasteiger partial charge in [-0.15, -0.1) is 0 Å². The number of halogens is 1. The highest BCUT2D eigenvalue weighted by molar-refractivity contribution is 5.63. The molecule has 2 rings (SSSR count). The van der Waals surface area contributed by atoms with Crippen molar-refractivity contribution in [3.8, 4) is 11.3 Å². The van der Waals surface area contributed by atoms with E-state index in [0.717, 1.165) is 5.56 Å². The van der Waals surface area contributed by atoms with E-state index in [-0.39, 0.29) is 11.4 Å². The highest BCUT2D eigenvalue weighted by atomic mass is 19.1. The van der Waals surface area contributed by atoms with Gasteiger partial charge in [-0.3, -0.25) is 9.36 Å². The zero-order valence-electron chi connectivity index (χ0n) is 9.35. The smallest absolute Gasteiger partial charge is 0.252 e. The Morgan fingerprint density at radius 1 is 1.18 bits per heavy atom. The number of aryl methyl sites for hydroxylation is 1. The van der Waals surface area contributed by atoms with Crippen LogP contribution >= 0.6 is 0 Å². The Morgan fingerprint density at radius 2 is 1.82 bits per heavy atom. The Morgan fingerprint density at radius 3 is 2.41 bits per heavy atom. The van der Waals surface area contributed by atoms with Gasteiger partial charge in [0.2, 0.25) is 0 Å². The van der Waals surface area contributed by atoms with Gasteiger partial charge in [-0.05, 0) is 42.3 Å². The fourth-order valence-electron chi connectivity index (χ4n) is 1.82. The molecule has 0 saturated carbocycles. The number of hydrogen-bond donors (Lipinski definition) is 1. The van der Waals surface area contributed by atoms with Gasteiger partial charge in [0.05, 0.1) is 5.69 Å². The molecule has 1 aromatic heterocycles. The lowest BCUT2D eigenvalue weighted by molar-refractivity contribution is 0.207. The molecule has 0 atom stereocenters. The Kier molecular flexibility index (Phi) is 3.06. The predicted octanol–water partition coefficient (Wildman–Crippen LogP) is 1.91. The molecule has 4 heteroatoms. The number of pyridine rings is 1. The molecule has 1 heterocycles. The second-order valence-electron chi connectivity index (χ2n) is 3.78. The molecule has 0 saturated heterocycles. The van der Waals surface area contributed by atoms with Crippen LogP contribution in [0, 0.1) is 12.7 Å². The van der Waals surface area contributed by atoms with Crippen molar-refractivity contribution < 1.29 is 9.50 Å². The van der Waals surface area contributed by atoms with Crippen molar-refractivity contribution in [1.82, 2.24) is 4.57 Å². The van der Waals surface area contributed by atoms with Crippen LogP contribution in [-0.2, 0) is 6.73 Å². The standard InChI is InChI=1S/C13H12FNO2/c1-9-2-7-12(17)15(8-16)13(9)10-3-5-11(14)6-4-10/h2-7,16H,8H2,1H3. The summed E-state index contributed by atoms with van der Waals surface area (Å²) in [6.07, 6.45) is 0. The van der Waals surface area contributed by atoms with Gasteiger partial charge >= 0.3 is 0 Å². The van der Waals surface area contributed by atoms with E-state index in [9.17, 15) is 14.3 Å². The van der Waals surface area contributed by atoms with Gasteiger partial charge in [0, 0.05) is 6.07 Å². The quantitative estimate of drug-likeness (QED) is 0.861. The molecule has 1 aromatic carbocycles. The van der Waals surface area contributed by atoms with E-state index in [2.05, 4.69) is 0 Å². The lowest BCUT2D eigenvalue weighted by Gasteiger charge is -2.13. The fourth-order valence-corrected chi connectivity index (χ4v) is 1.82. The van der Waals surface area contributed by atoms with Crippen LogP contribution in [0.25, 0.3) is 11.3 Å². The number of aromatic nitrogens is 1. The molecule has 2 aromatic rings. The highest BCUT2D eigenvalue weighted by Crippen LogP contribution is 2.21. The minimum absolute atomic E-state index is 0.280. The highest BCUT2D eigenvalue weighted by Gasteiger charge is 2.08. The molecular formula is C13H12FNO2. The Labute approximate surface area is 97.8 Å². The molecule has 88 valence electrons. The van der Waals surface area contributed by atoms with Crippen LogP contribution in [0.1, 0.15) is 5.56 Å². The van der Waals surface area contributed by atoms with Crippen molar-refractivity contribution in [1.29, 1.82) is 0 Å². The first kappa shape index (κ1) is 11.5. The molecule has 3 nitrogen and oxygen atoms in total. The summed E-state index contributed by atoms with van der Waals surface area (Å²) in [5.41, 5.74) is 1.89. The molecule has 0 unspecified atom stereocenters. The van der Waals surface area contributed by atoms with Crippen LogP contribution in [0.2, 0.25) is 0 Å². The minimum Gasteiger partial charge on any atom is -0.376 e. The zero-order valence-corrected chi connectivity index (χ0v) is 9.35. The van der Waals surface area contributed by atoms with Gasteiger partial charge in [-0.2, -0.15) is 0 Å². The number of benzene rings is 1. The van der Waals surface area contributed by atoms with Crippen molar-refractivity contribution in [2.75, 3.05) is 0 Å². The van der Waals surface area contributed by atoms with Gasteiger partial charge in [0.25, 0.3) is 5.56 Å². The SMILES string of the molecule is Cc1ccc(=O)n(CO)c1-c1ccc(F)cc1. The van der Waals surface area contributed by atoms with E-state index >= 15 is 0 Å². The first-order chi connectivity index (χ1) is 8.13. The zero-order chi connectivity index (χ0) is 12.4. The third-order valence-corrected chi connectivity index (χ3v) is 2.64. The molecule has 0 radical (unpaired) electrons. The first-order valence-electron chi connectivity index (χ1n) is 5.20. The van der Waals surface area contributed by atoms with E-state index in [1.807, 2.05) is 6.92 Å². The number of nitrogens with zero attached hydrogens (tertiary/aromatic N) is 1. The number of rotatable bonds is 2. The van der Waals surface area contributed by atoms with Crippen LogP contribution in [0.15, 0.2) is 41.2 Å². The fraction of sp³-hybridized carbons (Fsp3) is 0.154. The average Bonchev–Trinajstić information content (AvgIpc) is 2.33. The first-order valence-corrected chi connectivity index (χ1v) is 5.20. The van der Waals surface area contributed by atoms with E-state index in [4.69, 9.17) is 0 Å². The summed E-state index contributed by atoms with van der Waals surface area (Å²) in [7, 11) is 0. The molecule has 0 aliphatic heterocycles. The number of hydrogen-bond acceptors (Lipinski definition) is 2. The summed E-state index contributed by atoms with van der Waals surface area (Å²) in [5, 5.41) is 9.23. The largest absolute Gasteiger partial charge is 0.376 e. The Balaban J connectivity index is 2.69. The maximum absolute atomic E-state index is 12.8. The van der Waals surface area contributed by atoms with Crippen LogP contribution in [0.4, 0.5) is 4.39 Å². The van der Waals surface area contributed by atoms with E-state index < -0.39 is 6.73 Å².